The van der Waals surface area contributed by atoms with E-state index in [1.54, 1.807) is 18.2 Å². The van der Waals surface area contributed by atoms with Gasteiger partial charge in [0.05, 0.1) is 17.4 Å². The Labute approximate surface area is 129 Å². The van der Waals surface area contributed by atoms with Crippen LogP contribution in [0.4, 0.5) is 11.4 Å². The first-order valence-electron chi connectivity index (χ1n) is 6.57. The topological polar surface area (TPSA) is 72.3 Å². The summed E-state index contributed by atoms with van der Waals surface area (Å²) in [6, 6.07) is 12.8. The van der Waals surface area contributed by atoms with Crippen LogP contribution in [0.25, 0.3) is 0 Å². The summed E-state index contributed by atoms with van der Waals surface area (Å²) < 4.78 is 0. The predicted octanol–water partition coefficient (Wildman–Crippen LogP) is 3.22. The van der Waals surface area contributed by atoms with E-state index in [4.69, 9.17) is 23.1 Å². The second-order valence-electron chi connectivity index (χ2n) is 4.98. The highest BCUT2D eigenvalue weighted by Crippen LogP contribution is 2.31. The maximum absolute atomic E-state index is 11.3. The van der Waals surface area contributed by atoms with Gasteiger partial charge < -0.3 is 16.4 Å². The highest BCUT2D eigenvalue weighted by atomic mass is 35.5. The van der Waals surface area contributed by atoms with Crippen LogP contribution in [-0.2, 0) is 0 Å². The van der Waals surface area contributed by atoms with Crippen LogP contribution in [0.2, 0.25) is 5.02 Å². The summed E-state index contributed by atoms with van der Waals surface area (Å²) in [7, 11) is 1.93. The van der Waals surface area contributed by atoms with Crippen molar-refractivity contribution >= 4 is 28.9 Å². The monoisotopic (exact) mass is 303 g/mol. The zero-order valence-electron chi connectivity index (χ0n) is 12.0. The van der Waals surface area contributed by atoms with Gasteiger partial charge in [0.2, 0.25) is 5.91 Å². The van der Waals surface area contributed by atoms with Gasteiger partial charge in [0.15, 0.2) is 0 Å². The number of hydrogen-bond acceptors (Lipinski definition) is 3. The third kappa shape index (κ3) is 3.28. The summed E-state index contributed by atoms with van der Waals surface area (Å²) >= 11 is 5.91. The normalized spacial score (nSPS) is 12.0. The van der Waals surface area contributed by atoms with E-state index in [9.17, 15) is 4.79 Å². The lowest BCUT2D eigenvalue weighted by Gasteiger charge is -2.29. The number of benzene rings is 2. The van der Waals surface area contributed by atoms with Crippen molar-refractivity contribution in [3.63, 3.8) is 0 Å². The number of anilines is 2. The van der Waals surface area contributed by atoms with Gasteiger partial charge in [-0.15, -0.1) is 0 Å². The number of nitrogen functional groups attached to an aromatic ring is 1. The molecule has 0 spiro atoms. The molecule has 1 amide bonds. The third-order valence-corrected chi connectivity index (χ3v) is 3.88. The molecule has 4 N–H and O–H groups in total. The van der Waals surface area contributed by atoms with Crippen molar-refractivity contribution in [2.45, 2.75) is 13.0 Å². The number of rotatable bonds is 4. The molecular weight excluding hydrogens is 286 g/mol. The largest absolute Gasteiger partial charge is 0.397 e. The van der Waals surface area contributed by atoms with Gasteiger partial charge in [-0.25, -0.2) is 0 Å². The van der Waals surface area contributed by atoms with E-state index in [1.165, 1.54) is 0 Å². The average molecular weight is 304 g/mol. The van der Waals surface area contributed by atoms with Gasteiger partial charge >= 0.3 is 0 Å². The number of carbonyl (C=O) groups excluding carboxylic acids is 1. The van der Waals surface area contributed by atoms with Crippen molar-refractivity contribution in [3.05, 3.63) is 58.6 Å². The molecule has 1 unspecified atom stereocenters. The minimum atomic E-state index is -0.469. The van der Waals surface area contributed by atoms with Crippen molar-refractivity contribution in [1.29, 1.82) is 0 Å². The van der Waals surface area contributed by atoms with Crippen LogP contribution in [0.5, 0.6) is 0 Å². The summed E-state index contributed by atoms with van der Waals surface area (Å²) in [5.41, 5.74) is 14.3. The number of nitrogens with zero attached hydrogens (tertiary/aromatic N) is 1. The van der Waals surface area contributed by atoms with Gasteiger partial charge in [-0.1, -0.05) is 23.7 Å². The predicted molar refractivity (Wildman–Crippen MR) is 87.6 cm³/mol. The van der Waals surface area contributed by atoms with E-state index in [1.807, 2.05) is 36.2 Å². The van der Waals surface area contributed by atoms with E-state index >= 15 is 0 Å². The lowest BCUT2D eigenvalue weighted by molar-refractivity contribution is 0.100. The molecule has 4 nitrogen and oxygen atoms in total. The molecule has 0 fully saturated rings. The molecule has 0 bridgehead atoms. The fourth-order valence-electron chi connectivity index (χ4n) is 2.18. The molecule has 1 atom stereocenters. The number of carbonyl (C=O) groups is 1. The van der Waals surface area contributed by atoms with E-state index < -0.39 is 5.91 Å². The molecule has 2 rings (SSSR count). The molecule has 0 aliphatic carbocycles. The molecule has 0 aromatic heterocycles. The van der Waals surface area contributed by atoms with Crippen molar-refractivity contribution in [2.75, 3.05) is 17.7 Å². The van der Waals surface area contributed by atoms with Crippen LogP contribution in [0.15, 0.2) is 42.5 Å². The van der Waals surface area contributed by atoms with Crippen LogP contribution in [0.1, 0.15) is 28.9 Å². The maximum atomic E-state index is 11.3. The van der Waals surface area contributed by atoms with Crippen LogP contribution < -0.4 is 16.4 Å². The highest BCUT2D eigenvalue weighted by Gasteiger charge is 2.16. The Balaban J connectivity index is 2.34. The van der Waals surface area contributed by atoms with Crippen LogP contribution in [0.3, 0.4) is 0 Å². The van der Waals surface area contributed by atoms with Crippen molar-refractivity contribution in [3.8, 4) is 0 Å². The molecular formula is C16H18ClN3O. The first-order chi connectivity index (χ1) is 9.90. The summed E-state index contributed by atoms with van der Waals surface area (Å²) in [4.78, 5) is 13.3. The SMILES string of the molecule is CC(c1ccc(Cl)cc1)N(C)c1cc(C(N)=O)ccc1N. The fourth-order valence-corrected chi connectivity index (χ4v) is 2.30. The molecule has 0 saturated carbocycles. The van der Waals surface area contributed by atoms with Gasteiger partial charge in [-0.2, -0.15) is 0 Å². The average Bonchev–Trinajstić information content (AvgIpc) is 2.47. The molecule has 2 aromatic rings. The van der Waals surface area contributed by atoms with Crippen LogP contribution >= 0.6 is 11.6 Å². The minimum absolute atomic E-state index is 0.0766. The van der Waals surface area contributed by atoms with Crippen molar-refractivity contribution in [2.24, 2.45) is 5.73 Å². The highest BCUT2D eigenvalue weighted by molar-refractivity contribution is 6.30. The van der Waals surface area contributed by atoms with Crippen LogP contribution in [-0.4, -0.2) is 13.0 Å². The molecule has 0 radical (unpaired) electrons. The first kappa shape index (κ1) is 15.2. The Morgan fingerprint density at radius 1 is 1.19 bits per heavy atom. The van der Waals surface area contributed by atoms with E-state index in [2.05, 4.69) is 6.92 Å². The Kier molecular flexibility index (Phi) is 4.38. The Bertz CT molecular complexity index is 655. The minimum Gasteiger partial charge on any atom is -0.397 e. The third-order valence-electron chi connectivity index (χ3n) is 3.63. The summed E-state index contributed by atoms with van der Waals surface area (Å²) in [6.07, 6.45) is 0. The molecule has 110 valence electrons. The fraction of sp³-hybridized carbons (Fsp3) is 0.188. The zero-order valence-corrected chi connectivity index (χ0v) is 12.8. The molecule has 2 aromatic carbocycles. The number of amides is 1. The van der Waals surface area contributed by atoms with Gasteiger partial charge in [-0.3, -0.25) is 4.79 Å². The maximum Gasteiger partial charge on any atom is 0.248 e. The number of halogens is 1. The lowest BCUT2D eigenvalue weighted by atomic mass is 10.1. The first-order valence-corrected chi connectivity index (χ1v) is 6.95. The van der Waals surface area contributed by atoms with E-state index in [0.29, 0.717) is 16.3 Å². The zero-order chi connectivity index (χ0) is 15.6. The molecule has 0 saturated heterocycles. The number of nitrogens with two attached hydrogens (primary N) is 2. The number of primary amides is 1. The quantitative estimate of drug-likeness (QED) is 0.852. The Morgan fingerprint density at radius 2 is 1.81 bits per heavy atom. The smallest absolute Gasteiger partial charge is 0.248 e. The summed E-state index contributed by atoms with van der Waals surface area (Å²) in [5, 5.41) is 0.698. The van der Waals surface area contributed by atoms with Crippen molar-refractivity contribution < 1.29 is 4.79 Å². The van der Waals surface area contributed by atoms with Crippen LogP contribution in [0, 0.1) is 0 Å². The second-order valence-corrected chi connectivity index (χ2v) is 5.41. The molecule has 5 heteroatoms. The van der Waals surface area contributed by atoms with Gasteiger partial charge in [-0.05, 0) is 42.8 Å². The summed E-state index contributed by atoms with van der Waals surface area (Å²) in [6.45, 7) is 2.06. The Hall–Kier alpha value is -2.20. The van der Waals surface area contributed by atoms with Gasteiger partial charge in [0, 0.05) is 17.6 Å². The lowest BCUT2D eigenvalue weighted by Crippen LogP contribution is -2.23. The van der Waals surface area contributed by atoms with E-state index in [0.717, 1.165) is 11.3 Å². The standard InChI is InChI=1S/C16H18ClN3O/c1-10(11-3-6-13(17)7-4-11)20(2)15-9-12(16(19)21)5-8-14(15)18/h3-10H,18H2,1-2H3,(H2,19,21). The number of hydrogen-bond donors (Lipinski definition) is 2. The van der Waals surface area contributed by atoms with Gasteiger partial charge in [0.1, 0.15) is 0 Å². The molecule has 0 heterocycles. The second kappa shape index (κ2) is 6.06. The molecule has 0 aliphatic rings. The Morgan fingerprint density at radius 3 is 2.38 bits per heavy atom. The van der Waals surface area contributed by atoms with E-state index in [-0.39, 0.29) is 6.04 Å². The van der Waals surface area contributed by atoms with Crippen molar-refractivity contribution in [1.82, 2.24) is 0 Å². The van der Waals surface area contributed by atoms with Gasteiger partial charge in [0.25, 0.3) is 0 Å². The summed E-state index contributed by atoms with van der Waals surface area (Å²) in [5.74, 6) is -0.469. The molecule has 0 aliphatic heterocycles. The molecule has 21 heavy (non-hydrogen) atoms.